The Morgan fingerprint density at radius 2 is 1.39 bits per heavy atom. The van der Waals surface area contributed by atoms with Crippen LogP contribution in [0.25, 0.3) is 10.8 Å². The van der Waals surface area contributed by atoms with E-state index in [2.05, 4.69) is 17.0 Å². The molecule has 1 fully saturated rings. The van der Waals surface area contributed by atoms with E-state index in [4.69, 9.17) is 0 Å². The van der Waals surface area contributed by atoms with Crippen LogP contribution in [0.3, 0.4) is 0 Å². The molecule has 3 aromatic carbocycles. The molecule has 1 saturated heterocycles. The molecule has 0 unspecified atom stereocenters. The van der Waals surface area contributed by atoms with E-state index in [1.165, 1.54) is 0 Å². The first kappa shape index (κ1) is 18.8. The first-order valence-electron chi connectivity index (χ1n) is 9.48. The quantitative estimate of drug-likeness (QED) is 0.679. The molecule has 0 aromatic heterocycles. The average Bonchev–Trinajstić information content (AvgIpc) is 2.73. The van der Waals surface area contributed by atoms with Gasteiger partial charge in [-0.25, -0.2) is 8.42 Å². The van der Waals surface area contributed by atoms with Crippen LogP contribution in [-0.4, -0.2) is 53.0 Å². The Kier molecular flexibility index (Phi) is 5.00. The van der Waals surface area contributed by atoms with Crippen LogP contribution < -0.4 is 9.80 Å². The monoisotopic (exact) mass is 395 g/mol. The Morgan fingerprint density at radius 3 is 2.07 bits per heavy atom. The standard InChI is InChI=1S/C22H25N3O2S/c1-23(2)21-12-6-11-20-19(21)10-7-13-22(20)28(26,27)25-16-14-24(15-17-25)18-8-4-3-5-9-18/h3-13H,14-17H2,1-2H3. The number of nitrogens with zero attached hydrogens (tertiary/aromatic N) is 3. The summed E-state index contributed by atoms with van der Waals surface area (Å²) in [5.74, 6) is 0. The summed E-state index contributed by atoms with van der Waals surface area (Å²) in [6, 6.07) is 21.5. The van der Waals surface area contributed by atoms with Gasteiger partial charge >= 0.3 is 0 Å². The number of benzene rings is 3. The second-order valence-electron chi connectivity index (χ2n) is 7.25. The number of piperazine rings is 1. The molecule has 0 N–H and O–H groups in total. The summed E-state index contributed by atoms with van der Waals surface area (Å²) in [5, 5.41) is 1.73. The molecule has 4 rings (SSSR count). The van der Waals surface area contributed by atoms with Gasteiger partial charge in [0, 0.05) is 62.4 Å². The van der Waals surface area contributed by atoms with Crippen molar-refractivity contribution in [2.24, 2.45) is 0 Å². The minimum atomic E-state index is -3.55. The average molecular weight is 396 g/mol. The highest BCUT2D eigenvalue weighted by molar-refractivity contribution is 7.89. The van der Waals surface area contributed by atoms with Gasteiger partial charge in [0.25, 0.3) is 0 Å². The molecular weight excluding hydrogens is 370 g/mol. The van der Waals surface area contributed by atoms with Gasteiger partial charge in [-0.2, -0.15) is 4.31 Å². The molecule has 28 heavy (non-hydrogen) atoms. The first-order valence-corrected chi connectivity index (χ1v) is 10.9. The number of hydrogen-bond donors (Lipinski definition) is 0. The highest BCUT2D eigenvalue weighted by atomic mass is 32.2. The summed E-state index contributed by atoms with van der Waals surface area (Å²) in [5.41, 5.74) is 2.16. The smallest absolute Gasteiger partial charge is 0.243 e. The highest BCUT2D eigenvalue weighted by Gasteiger charge is 2.30. The van der Waals surface area contributed by atoms with Gasteiger partial charge in [0.1, 0.15) is 0 Å². The third-order valence-corrected chi connectivity index (χ3v) is 7.28. The fraction of sp³-hybridized carbons (Fsp3) is 0.273. The van der Waals surface area contributed by atoms with Crippen molar-refractivity contribution >= 4 is 32.2 Å². The van der Waals surface area contributed by atoms with E-state index >= 15 is 0 Å². The number of para-hydroxylation sites is 1. The third kappa shape index (κ3) is 3.34. The van der Waals surface area contributed by atoms with Gasteiger partial charge in [0.2, 0.25) is 10.0 Å². The zero-order valence-electron chi connectivity index (χ0n) is 16.2. The summed E-state index contributed by atoms with van der Waals surface area (Å²) in [4.78, 5) is 4.64. The van der Waals surface area contributed by atoms with Crippen molar-refractivity contribution in [3.05, 3.63) is 66.7 Å². The maximum Gasteiger partial charge on any atom is 0.243 e. The summed E-state index contributed by atoms with van der Waals surface area (Å²) in [6.07, 6.45) is 0. The minimum Gasteiger partial charge on any atom is -0.377 e. The van der Waals surface area contributed by atoms with E-state index in [-0.39, 0.29) is 0 Å². The second kappa shape index (κ2) is 7.45. The van der Waals surface area contributed by atoms with E-state index in [9.17, 15) is 8.42 Å². The van der Waals surface area contributed by atoms with Crippen LogP contribution in [0, 0.1) is 0 Å². The highest BCUT2D eigenvalue weighted by Crippen LogP contribution is 2.32. The van der Waals surface area contributed by atoms with Gasteiger partial charge in [0.05, 0.1) is 4.90 Å². The van der Waals surface area contributed by atoms with E-state index < -0.39 is 10.0 Å². The van der Waals surface area contributed by atoms with Crippen molar-refractivity contribution in [2.45, 2.75) is 4.90 Å². The molecule has 5 nitrogen and oxygen atoms in total. The molecule has 0 radical (unpaired) electrons. The molecule has 0 aliphatic carbocycles. The van der Waals surface area contributed by atoms with Crippen LogP contribution in [0.4, 0.5) is 11.4 Å². The van der Waals surface area contributed by atoms with E-state index in [1.807, 2.05) is 67.5 Å². The van der Waals surface area contributed by atoms with Crippen molar-refractivity contribution in [1.29, 1.82) is 0 Å². The van der Waals surface area contributed by atoms with Crippen LogP contribution in [0.5, 0.6) is 0 Å². The molecule has 0 atom stereocenters. The molecule has 0 saturated carbocycles. The molecule has 1 heterocycles. The number of hydrogen-bond acceptors (Lipinski definition) is 4. The molecule has 0 spiro atoms. The summed E-state index contributed by atoms with van der Waals surface area (Å²) in [6.45, 7) is 2.36. The summed E-state index contributed by atoms with van der Waals surface area (Å²) >= 11 is 0. The molecule has 3 aromatic rings. The fourth-order valence-corrected chi connectivity index (χ4v) is 5.47. The molecule has 1 aliphatic rings. The number of sulfonamides is 1. The lowest BCUT2D eigenvalue weighted by Crippen LogP contribution is -2.48. The molecule has 1 aliphatic heterocycles. The zero-order chi connectivity index (χ0) is 19.7. The van der Waals surface area contributed by atoms with E-state index in [0.717, 1.165) is 22.1 Å². The Bertz CT molecular complexity index is 1070. The van der Waals surface area contributed by atoms with Gasteiger partial charge in [-0.1, -0.05) is 42.5 Å². The zero-order valence-corrected chi connectivity index (χ0v) is 17.1. The Morgan fingerprint density at radius 1 is 0.750 bits per heavy atom. The maximum absolute atomic E-state index is 13.4. The molecule has 146 valence electrons. The SMILES string of the molecule is CN(C)c1cccc2c(S(=O)(=O)N3CCN(c4ccccc4)CC3)cccc12. The lowest BCUT2D eigenvalue weighted by atomic mass is 10.1. The maximum atomic E-state index is 13.4. The minimum absolute atomic E-state index is 0.391. The second-order valence-corrected chi connectivity index (χ2v) is 9.16. The van der Waals surface area contributed by atoms with Crippen LogP contribution in [0.2, 0.25) is 0 Å². The fourth-order valence-electron chi connectivity index (χ4n) is 3.84. The predicted molar refractivity (Wildman–Crippen MR) is 116 cm³/mol. The predicted octanol–water partition coefficient (Wildman–Crippen LogP) is 3.42. The van der Waals surface area contributed by atoms with Crippen molar-refractivity contribution < 1.29 is 8.42 Å². The van der Waals surface area contributed by atoms with Crippen molar-refractivity contribution in [3.63, 3.8) is 0 Å². The summed E-state index contributed by atoms with van der Waals surface area (Å²) in [7, 11) is 0.393. The van der Waals surface area contributed by atoms with Gasteiger partial charge in [0.15, 0.2) is 0 Å². The molecular formula is C22H25N3O2S. The van der Waals surface area contributed by atoms with Crippen LogP contribution in [0.1, 0.15) is 0 Å². The van der Waals surface area contributed by atoms with E-state index in [1.54, 1.807) is 10.4 Å². The van der Waals surface area contributed by atoms with Crippen LogP contribution >= 0.6 is 0 Å². The van der Waals surface area contributed by atoms with Crippen LogP contribution in [0.15, 0.2) is 71.6 Å². The molecule has 6 heteroatoms. The molecule has 0 bridgehead atoms. The molecule has 0 amide bonds. The number of rotatable bonds is 4. The third-order valence-electron chi connectivity index (χ3n) is 5.32. The van der Waals surface area contributed by atoms with Gasteiger partial charge < -0.3 is 9.80 Å². The topological polar surface area (TPSA) is 43.9 Å². The normalized spacial score (nSPS) is 15.7. The number of fused-ring (bicyclic) bond motifs is 1. The van der Waals surface area contributed by atoms with E-state index in [0.29, 0.717) is 31.1 Å². The lowest BCUT2D eigenvalue weighted by molar-refractivity contribution is 0.385. The van der Waals surface area contributed by atoms with Crippen LogP contribution in [-0.2, 0) is 10.0 Å². The Hall–Kier alpha value is -2.57. The van der Waals surface area contributed by atoms with Gasteiger partial charge in [-0.15, -0.1) is 0 Å². The van der Waals surface area contributed by atoms with Crippen molar-refractivity contribution in [3.8, 4) is 0 Å². The van der Waals surface area contributed by atoms with Gasteiger partial charge in [-0.05, 0) is 24.3 Å². The lowest BCUT2D eigenvalue weighted by Gasteiger charge is -2.35. The largest absolute Gasteiger partial charge is 0.377 e. The van der Waals surface area contributed by atoms with Gasteiger partial charge in [-0.3, -0.25) is 0 Å². The Labute approximate surface area is 166 Å². The Balaban J connectivity index is 1.64. The first-order chi connectivity index (χ1) is 13.5. The van der Waals surface area contributed by atoms with Crippen molar-refractivity contribution in [1.82, 2.24) is 4.31 Å². The number of anilines is 2. The van der Waals surface area contributed by atoms with Crippen molar-refractivity contribution in [2.75, 3.05) is 50.1 Å². The summed E-state index contributed by atoms with van der Waals surface area (Å²) < 4.78 is 28.5.